The molecule has 2 rings (SSSR count). The average molecular weight is 577 g/mol. The van der Waals surface area contributed by atoms with Gasteiger partial charge in [-0.3, -0.25) is 0 Å². The topological polar surface area (TPSA) is 0 Å². The van der Waals surface area contributed by atoms with Gasteiger partial charge in [0.1, 0.15) is 0 Å². The summed E-state index contributed by atoms with van der Waals surface area (Å²) in [6.07, 6.45) is 0. The average Bonchev–Trinajstić information content (AvgIpc) is 2.56. The molecule has 0 bridgehead atoms. The molecule has 1 saturated heterocycles. The molecule has 179 valence electrons. The van der Waals surface area contributed by atoms with Crippen LogP contribution < -0.4 is 0 Å². The third-order valence-corrected chi connectivity index (χ3v) is 67.3. The van der Waals surface area contributed by atoms with Gasteiger partial charge < -0.3 is 0 Å². The van der Waals surface area contributed by atoms with Crippen molar-refractivity contribution in [2.45, 2.75) is 125 Å². The summed E-state index contributed by atoms with van der Waals surface area (Å²) < 4.78 is 0.489. The molecule has 1 fully saturated rings. The molecule has 0 atom stereocenters. The number of rotatable bonds is 4. The summed E-state index contributed by atoms with van der Waals surface area (Å²) in [7, 11) is -5.58. The van der Waals surface area contributed by atoms with Gasteiger partial charge in [-0.25, -0.2) is 0 Å². The van der Waals surface area contributed by atoms with Gasteiger partial charge in [-0.1, -0.05) is 0 Å². The standard InChI is InChI=1S/C26H51GeSi5/c1-23(2,3)30(10,11)22-28(31(12,13)24(4,5)6)26(27,21-19-17-16-18-20-21)29(22)32(14,15)25(7,8)9/h16-20,22H,1-15H3. The van der Waals surface area contributed by atoms with Gasteiger partial charge in [-0.15, -0.1) is 0 Å². The van der Waals surface area contributed by atoms with E-state index in [4.69, 9.17) is 0 Å². The zero-order valence-electron chi connectivity index (χ0n) is 24.0. The Hall–Kier alpha value is 0.847. The molecule has 0 amide bonds. The van der Waals surface area contributed by atoms with Crippen LogP contribution in [0.2, 0.25) is 59.2 Å². The molecule has 1 heterocycles. The van der Waals surface area contributed by atoms with Crippen molar-refractivity contribution in [1.29, 1.82) is 0 Å². The van der Waals surface area contributed by atoms with Gasteiger partial charge in [0.15, 0.2) is 0 Å². The molecule has 1 aliphatic rings. The van der Waals surface area contributed by atoms with Crippen LogP contribution in [0.5, 0.6) is 0 Å². The zero-order valence-corrected chi connectivity index (χ0v) is 31.1. The Kier molecular flexibility index (Phi) is 7.69. The SMILES string of the molecule is CC(C)(C)[Si](C)(C)C1[Si]([Si](C)(C)C(C)(C)C)[C]([Ge])(c2ccccc2)[Si]1[Si](C)(C)C(C)(C)C. The molecule has 0 unspecified atom stereocenters. The Morgan fingerprint density at radius 1 is 0.656 bits per heavy atom. The minimum absolute atomic E-state index is 0.457. The van der Waals surface area contributed by atoms with Crippen molar-refractivity contribution in [2.75, 3.05) is 0 Å². The molecule has 0 N–H and O–H groups in total. The Morgan fingerprint density at radius 3 is 1.28 bits per heavy atom. The van der Waals surface area contributed by atoms with Crippen LogP contribution in [0.3, 0.4) is 0 Å². The summed E-state index contributed by atoms with van der Waals surface area (Å²) in [5.41, 5.74) is 1.72. The van der Waals surface area contributed by atoms with Crippen LogP contribution in [0.15, 0.2) is 30.3 Å². The van der Waals surface area contributed by atoms with Crippen LogP contribution >= 0.6 is 0 Å². The fourth-order valence-corrected chi connectivity index (χ4v) is 92.7. The Bertz CT molecular complexity index is 775. The Balaban J connectivity index is 2.95. The van der Waals surface area contributed by atoms with Crippen LogP contribution in [0.1, 0.15) is 67.9 Å². The molecule has 1 aliphatic heterocycles. The fourth-order valence-electron chi connectivity index (χ4n) is 5.27. The number of hydrogen-bond acceptors (Lipinski definition) is 0. The first-order valence-corrected chi connectivity index (χ1v) is 27.8. The monoisotopic (exact) mass is 577 g/mol. The van der Waals surface area contributed by atoms with E-state index in [0.717, 1.165) is 4.79 Å². The van der Waals surface area contributed by atoms with Crippen molar-refractivity contribution >= 4 is 56.4 Å². The van der Waals surface area contributed by atoms with Crippen molar-refractivity contribution < 1.29 is 0 Å². The van der Waals surface area contributed by atoms with E-state index >= 15 is 0 Å². The molecule has 1 aromatic rings. The second-order valence-corrected chi connectivity index (χ2v) is 51.1. The number of benzene rings is 1. The fraction of sp³-hybridized carbons (Fsp3) is 0.769. The van der Waals surface area contributed by atoms with Crippen LogP contribution in [0.25, 0.3) is 0 Å². The summed E-state index contributed by atoms with van der Waals surface area (Å²) in [6, 6.07) is 11.9. The van der Waals surface area contributed by atoms with E-state index < -0.39 is 39.9 Å². The van der Waals surface area contributed by atoms with Crippen molar-refractivity contribution in [3.05, 3.63) is 35.9 Å². The second-order valence-electron chi connectivity index (χ2n) is 15.1. The van der Waals surface area contributed by atoms with Gasteiger partial charge in [0.05, 0.1) is 0 Å². The van der Waals surface area contributed by atoms with Crippen molar-refractivity contribution in [3.8, 4) is 0 Å². The second kappa shape index (κ2) is 8.46. The molecule has 6 heteroatoms. The first kappa shape index (κ1) is 29.1. The summed E-state index contributed by atoms with van der Waals surface area (Å²) in [5.74, 6) is 0. The van der Waals surface area contributed by atoms with Crippen LogP contribution in [0, 0.1) is 0 Å². The number of hydrogen-bond donors (Lipinski definition) is 0. The van der Waals surface area contributed by atoms with Gasteiger partial charge in [0.2, 0.25) is 0 Å². The van der Waals surface area contributed by atoms with E-state index in [-0.39, 0.29) is 0 Å². The zero-order chi connectivity index (χ0) is 25.3. The molecule has 1 aromatic carbocycles. The third kappa shape index (κ3) is 4.31. The molecule has 0 spiro atoms. The summed E-state index contributed by atoms with van der Waals surface area (Å²) in [6.45, 7) is 40.1. The molecule has 32 heavy (non-hydrogen) atoms. The molecule has 5 radical (unpaired) electrons. The van der Waals surface area contributed by atoms with E-state index in [1.54, 1.807) is 5.56 Å². The van der Waals surface area contributed by atoms with Crippen LogP contribution in [-0.4, -0.2) is 56.4 Å². The first-order chi connectivity index (χ1) is 14.0. The summed E-state index contributed by atoms with van der Waals surface area (Å²) in [4.78, 5) is 1.10. The molecule has 0 aromatic heterocycles. The maximum absolute atomic E-state index is 2.80. The molecular weight excluding hydrogens is 525 g/mol. The minimum atomic E-state index is -1.49. The van der Waals surface area contributed by atoms with Crippen molar-refractivity contribution in [2.24, 2.45) is 0 Å². The van der Waals surface area contributed by atoms with E-state index in [9.17, 15) is 0 Å². The Labute approximate surface area is 216 Å². The van der Waals surface area contributed by atoms with Gasteiger partial charge in [-0.2, -0.15) is 0 Å². The van der Waals surface area contributed by atoms with E-state index in [1.165, 1.54) is 0 Å². The van der Waals surface area contributed by atoms with Gasteiger partial charge >= 0.3 is 217 Å². The van der Waals surface area contributed by atoms with Crippen LogP contribution in [-0.2, 0) is 3.49 Å². The summed E-state index contributed by atoms with van der Waals surface area (Å²) >= 11 is 2.80. The van der Waals surface area contributed by atoms with Crippen molar-refractivity contribution in [1.82, 2.24) is 0 Å². The van der Waals surface area contributed by atoms with E-state index in [1.807, 2.05) is 0 Å². The molecular formula is C26H51GeSi5. The van der Waals surface area contributed by atoms with Gasteiger partial charge in [0.25, 0.3) is 0 Å². The van der Waals surface area contributed by atoms with Crippen LogP contribution in [0.4, 0.5) is 0 Å². The molecule has 0 nitrogen and oxygen atoms in total. The van der Waals surface area contributed by atoms with Crippen molar-refractivity contribution in [3.63, 3.8) is 0 Å². The van der Waals surface area contributed by atoms with Gasteiger partial charge in [0, 0.05) is 0 Å². The Morgan fingerprint density at radius 2 is 1.00 bits per heavy atom. The normalized spacial score (nSPS) is 25.1. The predicted octanol–water partition coefficient (Wildman–Crippen LogP) is 8.26. The first-order valence-electron chi connectivity index (χ1n) is 12.5. The van der Waals surface area contributed by atoms with E-state index in [2.05, 4.69) is 148 Å². The third-order valence-electron chi connectivity index (χ3n) is 10.3. The van der Waals surface area contributed by atoms with E-state index in [0.29, 0.717) is 18.6 Å². The quantitative estimate of drug-likeness (QED) is 0.317. The molecule has 0 aliphatic carbocycles. The van der Waals surface area contributed by atoms with Gasteiger partial charge in [-0.05, 0) is 0 Å². The maximum atomic E-state index is 2.80. The molecule has 0 saturated carbocycles. The predicted molar refractivity (Wildman–Crippen MR) is 161 cm³/mol. The summed E-state index contributed by atoms with van der Waals surface area (Å²) in [5, 5.41) is 1.38.